The maximum atomic E-state index is 14.1. The van der Waals surface area contributed by atoms with Gasteiger partial charge in [0.2, 0.25) is 70.9 Å². The van der Waals surface area contributed by atoms with Crippen LogP contribution in [0.15, 0.2) is 17.5 Å². The molecular formula is C49H82N18O18. The van der Waals surface area contributed by atoms with Crippen LogP contribution in [-0.4, -0.2) is 205 Å². The van der Waals surface area contributed by atoms with Gasteiger partial charge in [0.25, 0.3) is 0 Å². The number of nitrogens with zero attached hydrogens (tertiary/aromatic N) is 2. The second-order valence-electron chi connectivity index (χ2n) is 19.8. The quantitative estimate of drug-likeness (QED) is 0.0164. The summed E-state index contributed by atoms with van der Waals surface area (Å²) in [6.07, 6.45) is -3.99. The van der Waals surface area contributed by atoms with Gasteiger partial charge >= 0.3 is 11.9 Å². The molecule has 476 valence electrons. The summed E-state index contributed by atoms with van der Waals surface area (Å²) in [5, 5.41) is 63.4. The number of amides is 12. The highest BCUT2D eigenvalue weighted by atomic mass is 16.4. The number of guanidine groups is 1. The summed E-state index contributed by atoms with van der Waals surface area (Å²) < 4.78 is 0. The summed E-state index contributed by atoms with van der Waals surface area (Å²) in [5.41, 5.74) is 27.1. The number of aliphatic imine (C=N–C) groups is 1. The van der Waals surface area contributed by atoms with Crippen molar-refractivity contribution in [2.75, 3.05) is 13.1 Å². The average molecular weight is 1210 g/mol. The Hall–Kier alpha value is -9.06. The molecule has 85 heavy (non-hydrogen) atoms. The van der Waals surface area contributed by atoms with E-state index < -0.39 is 200 Å². The predicted molar refractivity (Wildman–Crippen MR) is 296 cm³/mol. The third-order valence-electron chi connectivity index (χ3n) is 12.4. The molecule has 25 N–H and O–H groups in total. The first-order valence-electron chi connectivity index (χ1n) is 26.9. The second-order valence-corrected chi connectivity index (χ2v) is 19.8. The Morgan fingerprint density at radius 2 is 0.906 bits per heavy atom. The van der Waals surface area contributed by atoms with E-state index in [2.05, 4.69) is 68.1 Å². The Bertz CT molecular complexity index is 2510. The molecule has 36 nitrogen and oxygen atoms in total. The third kappa shape index (κ3) is 29.2. The number of unbranched alkanes of at least 4 members (excludes halogenated alkanes) is 1. The van der Waals surface area contributed by atoms with E-state index in [1.54, 1.807) is 0 Å². The minimum atomic E-state index is -1.92. The Kier molecular flexibility index (Phi) is 33.0. The zero-order chi connectivity index (χ0) is 64.7. The van der Waals surface area contributed by atoms with Crippen LogP contribution in [0, 0.1) is 0 Å². The van der Waals surface area contributed by atoms with Crippen LogP contribution in [0.1, 0.15) is 111 Å². The number of aromatic nitrogens is 2. The number of imidazole rings is 1. The fraction of sp³-hybridized carbons (Fsp3) is 0.633. The normalized spacial score (nSPS) is 15.2. The summed E-state index contributed by atoms with van der Waals surface area (Å²) >= 11 is 0. The van der Waals surface area contributed by atoms with Crippen LogP contribution in [-0.2, 0) is 73.5 Å². The Balaban J connectivity index is 3.45. The van der Waals surface area contributed by atoms with Gasteiger partial charge in [0, 0.05) is 51.0 Å². The van der Waals surface area contributed by atoms with Crippen molar-refractivity contribution in [3.05, 3.63) is 18.2 Å². The van der Waals surface area contributed by atoms with E-state index in [0.717, 1.165) is 27.7 Å². The molecule has 12 atom stereocenters. The molecule has 0 unspecified atom stereocenters. The smallest absolute Gasteiger partial charge is 0.303 e. The maximum absolute atomic E-state index is 14.1. The van der Waals surface area contributed by atoms with Crippen molar-refractivity contribution < 1.29 is 87.5 Å². The van der Waals surface area contributed by atoms with E-state index in [-0.39, 0.29) is 37.5 Å². The second kappa shape index (κ2) is 37.9. The number of aliphatic carboxylic acids is 2. The summed E-state index contributed by atoms with van der Waals surface area (Å²) in [5.74, 6) is -15.6. The van der Waals surface area contributed by atoms with Crippen LogP contribution in [0.5, 0.6) is 0 Å². The van der Waals surface area contributed by atoms with Crippen LogP contribution in [0.2, 0.25) is 0 Å². The number of carbonyl (C=O) groups excluding carboxylic acids is 12. The zero-order valence-corrected chi connectivity index (χ0v) is 47.8. The van der Waals surface area contributed by atoms with Gasteiger partial charge in [-0.25, -0.2) is 4.98 Å². The fourth-order valence-corrected chi connectivity index (χ4v) is 7.72. The Morgan fingerprint density at radius 1 is 0.506 bits per heavy atom. The van der Waals surface area contributed by atoms with Crippen molar-refractivity contribution in [2.24, 2.45) is 33.7 Å². The fourth-order valence-electron chi connectivity index (χ4n) is 7.72. The van der Waals surface area contributed by atoms with Crippen molar-refractivity contribution in [1.29, 1.82) is 0 Å². The lowest BCUT2D eigenvalue weighted by molar-refractivity contribution is -0.139. The molecule has 0 radical (unpaired) electrons. The highest BCUT2D eigenvalue weighted by Gasteiger charge is 2.37. The zero-order valence-electron chi connectivity index (χ0n) is 47.8. The van der Waals surface area contributed by atoms with Crippen molar-refractivity contribution in [3.8, 4) is 0 Å². The van der Waals surface area contributed by atoms with Gasteiger partial charge < -0.3 is 107 Å². The molecule has 0 aliphatic carbocycles. The first-order chi connectivity index (χ1) is 39.8. The van der Waals surface area contributed by atoms with Crippen molar-refractivity contribution in [3.63, 3.8) is 0 Å². The molecule has 0 spiro atoms. The number of rotatable bonds is 41. The number of hydrogen-bond acceptors (Lipinski definition) is 19. The van der Waals surface area contributed by atoms with Crippen LogP contribution < -0.4 is 81.8 Å². The van der Waals surface area contributed by atoms with Crippen LogP contribution in [0.3, 0.4) is 0 Å². The molecule has 36 heteroatoms. The molecule has 1 heterocycles. The van der Waals surface area contributed by atoms with Gasteiger partial charge in [-0.05, 0) is 85.6 Å². The first kappa shape index (κ1) is 74.0. The van der Waals surface area contributed by atoms with Gasteiger partial charge in [0.1, 0.15) is 60.4 Å². The number of nitrogens with two attached hydrogens (primary N) is 5. The summed E-state index contributed by atoms with van der Waals surface area (Å²) in [4.78, 5) is 192. The average Bonchev–Trinajstić information content (AvgIpc) is 4.08. The van der Waals surface area contributed by atoms with Gasteiger partial charge in [-0.15, -0.1) is 0 Å². The number of carboxylic acids is 2. The molecule has 0 fully saturated rings. The van der Waals surface area contributed by atoms with Gasteiger partial charge in [-0.1, -0.05) is 0 Å². The maximum Gasteiger partial charge on any atom is 0.303 e. The largest absolute Gasteiger partial charge is 0.481 e. The number of nitrogens with one attached hydrogen (secondary N) is 11. The van der Waals surface area contributed by atoms with Crippen molar-refractivity contribution in [2.45, 2.75) is 184 Å². The van der Waals surface area contributed by atoms with Crippen LogP contribution in [0.25, 0.3) is 0 Å². The Labute approximate surface area is 487 Å². The number of aromatic amines is 1. The van der Waals surface area contributed by atoms with E-state index in [4.69, 9.17) is 28.7 Å². The molecular weight excluding hydrogens is 1130 g/mol. The molecule has 0 saturated heterocycles. The molecule has 1 aromatic rings. The number of primary amides is 2. The van der Waals surface area contributed by atoms with Gasteiger partial charge in [0.05, 0.1) is 18.5 Å². The molecule has 0 bridgehead atoms. The number of H-pyrrole nitrogens is 1. The van der Waals surface area contributed by atoms with E-state index in [9.17, 15) is 87.5 Å². The number of carboxylic acid groups (broad SMARTS) is 2. The van der Waals surface area contributed by atoms with Crippen molar-refractivity contribution in [1.82, 2.24) is 63.1 Å². The van der Waals surface area contributed by atoms with Gasteiger partial charge in [-0.2, -0.15) is 0 Å². The molecule has 1 rings (SSSR count). The molecule has 0 saturated carbocycles. The molecule has 0 aliphatic rings. The first-order valence-corrected chi connectivity index (χ1v) is 26.9. The SMILES string of the molecule is CC(=O)N[C@@H](CCCN=C(N)N)C(=O)N[C@H](C(=O)N[C@@H](CCC(N)=O)C(=O)N[C@@H](CCC(=O)O)C(=O)N[C@@H](Cc1cnc[nH]1)C(=O)N[C@H](C(=O)N[C@@H](C)C(=O)N[C@@H](CCC(=O)O)C(=O)N[C@@H](C)C(=O)N[C@@H](CCCCN)C(N)=O)[C@@H](C)O)[C@@H](C)O. The van der Waals surface area contributed by atoms with E-state index in [1.165, 1.54) is 19.4 Å². The summed E-state index contributed by atoms with van der Waals surface area (Å²) in [6.45, 7) is 6.02. The lowest BCUT2D eigenvalue weighted by Crippen LogP contribution is -2.62. The third-order valence-corrected chi connectivity index (χ3v) is 12.4. The topological polar surface area (TPSA) is 611 Å². The van der Waals surface area contributed by atoms with Crippen molar-refractivity contribution >= 4 is 88.8 Å². The van der Waals surface area contributed by atoms with Gasteiger partial charge in [0.15, 0.2) is 5.96 Å². The van der Waals surface area contributed by atoms with E-state index >= 15 is 0 Å². The summed E-state index contributed by atoms with van der Waals surface area (Å²) in [7, 11) is 0. The number of carbonyl (C=O) groups is 14. The van der Waals surface area contributed by atoms with E-state index in [1.807, 2.05) is 0 Å². The minimum Gasteiger partial charge on any atom is -0.481 e. The molecule has 0 aromatic carbocycles. The number of aliphatic hydroxyl groups excluding tert-OH is 2. The van der Waals surface area contributed by atoms with Crippen LogP contribution >= 0.6 is 0 Å². The standard InChI is InChI=1S/C49H82N18O18/c1-22(40(77)61-28(39(52)76)9-6-7-17-50)58-42(79)31(12-15-35(72)73)62-41(78)23(2)59-47(84)37(24(3)68)67-46(83)33(19-27-20-55-21-57-27)65-44(81)32(13-16-36(74)75)63-43(80)30(11-14-34(51)71)64-48(85)38(25(4)69)66-45(82)29(60-26(5)70)10-8-18-56-49(53)54/h20-25,28-33,37-38,68-69H,6-19,50H2,1-5H3,(H2,51,71)(H2,52,76)(H,55,57)(H,58,79)(H,59,84)(H,60,70)(H,61,77)(H,62,78)(H,63,80)(H,64,85)(H,65,81)(H,66,82)(H,67,83)(H,72,73)(H,74,75)(H4,53,54,56)/t22-,23-,24+,25+,28-,29-,30-,31-,32-,33-,37-,38-/m0/s1. The lowest BCUT2D eigenvalue weighted by atomic mass is 10.0. The number of hydrogen-bond donors (Lipinski definition) is 20. The Morgan fingerprint density at radius 3 is 1.34 bits per heavy atom. The highest BCUT2D eigenvalue weighted by Crippen LogP contribution is 2.10. The highest BCUT2D eigenvalue weighted by molar-refractivity contribution is 5.99. The molecule has 1 aromatic heterocycles. The lowest BCUT2D eigenvalue weighted by Gasteiger charge is -2.28. The number of aliphatic hydroxyl groups is 2. The van der Waals surface area contributed by atoms with Gasteiger partial charge in [-0.3, -0.25) is 72.1 Å². The predicted octanol–water partition coefficient (Wildman–Crippen LogP) is -8.72. The molecule has 0 aliphatic heterocycles. The summed E-state index contributed by atoms with van der Waals surface area (Å²) in [6, 6.07) is -16.1. The van der Waals surface area contributed by atoms with E-state index in [0.29, 0.717) is 19.4 Å². The van der Waals surface area contributed by atoms with Crippen LogP contribution in [0.4, 0.5) is 0 Å². The minimum absolute atomic E-state index is 0.0438. The molecule has 12 amide bonds. The monoisotopic (exact) mass is 1210 g/mol.